The van der Waals surface area contributed by atoms with Crippen molar-refractivity contribution in [3.05, 3.63) is 34.9 Å². The molecule has 0 radical (unpaired) electrons. The van der Waals surface area contributed by atoms with Gasteiger partial charge in [-0.05, 0) is 25.0 Å². The molecule has 1 aliphatic heterocycles. The normalized spacial score (nSPS) is 17.3. The van der Waals surface area contributed by atoms with Crippen LogP contribution in [0.1, 0.15) is 12.8 Å². The molecule has 1 N–H and O–H groups in total. The molecule has 3 rings (SSSR count). The molecule has 2 aromatic rings. The third-order valence-electron chi connectivity index (χ3n) is 3.49. The van der Waals surface area contributed by atoms with Crippen LogP contribution in [0.3, 0.4) is 0 Å². The van der Waals surface area contributed by atoms with Crippen LogP contribution in [0.25, 0.3) is 11.3 Å². The Morgan fingerprint density at radius 2 is 2.22 bits per heavy atom. The quantitative estimate of drug-likeness (QED) is 0.756. The molecule has 0 saturated carbocycles. The van der Waals surface area contributed by atoms with Crippen LogP contribution >= 0.6 is 27.7 Å². The summed E-state index contributed by atoms with van der Waals surface area (Å²) in [6.07, 6.45) is 3.93. The van der Waals surface area contributed by atoms with E-state index in [2.05, 4.69) is 26.2 Å². The Kier molecular flexibility index (Phi) is 5.75. The lowest BCUT2D eigenvalue weighted by Gasteiger charge is -2.09. The third-order valence-corrected chi connectivity index (χ3v) is 4.86. The summed E-state index contributed by atoms with van der Waals surface area (Å²) in [5, 5.41) is 3.38. The topological polar surface area (TPSA) is 64.4 Å². The maximum absolute atomic E-state index is 11.8. The summed E-state index contributed by atoms with van der Waals surface area (Å²) >= 11 is 4.69. The Labute approximate surface area is 147 Å². The highest BCUT2D eigenvalue weighted by Gasteiger charge is 2.16. The van der Waals surface area contributed by atoms with Gasteiger partial charge in [-0.2, -0.15) is 0 Å². The number of nitrogens with zero attached hydrogens (tertiary/aromatic N) is 1. The Morgan fingerprint density at radius 1 is 1.39 bits per heavy atom. The van der Waals surface area contributed by atoms with Crippen LogP contribution in [-0.2, 0) is 9.53 Å². The van der Waals surface area contributed by atoms with E-state index in [0.717, 1.165) is 29.5 Å². The van der Waals surface area contributed by atoms with Crippen LogP contribution in [0.4, 0.5) is 0 Å². The molecule has 1 aromatic carbocycles. The Balaban J connectivity index is 1.47. The molecule has 1 saturated heterocycles. The number of aromatic nitrogens is 1. The Hall–Kier alpha value is -1.31. The van der Waals surface area contributed by atoms with E-state index in [0.29, 0.717) is 17.5 Å². The van der Waals surface area contributed by atoms with Crippen molar-refractivity contribution < 1.29 is 13.9 Å². The van der Waals surface area contributed by atoms with Gasteiger partial charge in [0, 0.05) is 23.2 Å². The predicted octanol–water partition coefficient (Wildman–Crippen LogP) is 3.49. The SMILES string of the molecule is O=C(CSc1ncc(-c2ccc(Br)cc2)o1)NC[C@H]1CCCO1. The number of ether oxygens (including phenoxy) is 1. The monoisotopic (exact) mass is 396 g/mol. The van der Waals surface area contributed by atoms with Gasteiger partial charge in [0.2, 0.25) is 5.91 Å². The molecule has 1 atom stereocenters. The van der Waals surface area contributed by atoms with Crippen molar-refractivity contribution in [2.75, 3.05) is 18.9 Å². The summed E-state index contributed by atoms with van der Waals surface area (Å²) in [5.74, 6) is 0.946. The highest BCUT2D eigenvalue weighted by atomic mass is 79.9. The lowest BCUT2D eigenvalue weighted by atomic mass is 10.2. The number of carbonyl (C=O) groups excluding carboxylic acids is 1. The van der Waals surface area contributed by atoms with E-state index >= 15 is 0 Å². The van der Waals surface area contributed by atoms with Crippen molar-refractivity contribution in [2.24, 2.45) is 0 Å². The van der Waals surface area contributed by atoms with Crippen LogP contribution in [0.2, 0.25) is 0 Å². The lowest BCUT2D eigenvalue weighted by molar-refractivity contribution is -0.119. The molecule has 1 fully saturated rings. The second kappa shape index (κ2) is 7.99. The van der Waals surface area contributed by atoms with Crippen molar-refractivity contribution in [1.29, 1.82) is 0 Å². The highest BCUT2D eigenvalue weighted by Crippen LogP contribution is 2.26. The fourth-order valence-electron chi connectivity index (χ4n) is 2.28. The van der Waals surface area contributed by atoms with Crippen LogP contribution in [0.15, 0.2) is 44.6 Å². The highest BCUT2D eigenvalue weighted by molar-refractivity contribution is 9.10. The van der Waals surface area contributed by atoms with Gasteiger partial charge in [-0.1, -0.05) is 39.8 Å². The predicted molar refractivity (Wildman–Crippen MR) is 92.3 cm³/mol. The summed E-state index contributed by atoms with van der Waals surface area (Å²) < 4.78 is 12.2. The first kappa shape index (κ1) is 16.5. The molecule has 0 spiro atoms. The van der Waals surface area contributed by atoms with Gasteiger partial charge in [-0.15, -0.1) is 0 Å². The number of thioether (sulfide) groups is 1. The molecular weight excluding hydrogens is 380 g/mol. The summed E-state index contributed by atoms with van der Waals surface area (Å²) in [6, 6.07) is 7.80. The number of hydrogen-bond acceptors (Lipinski definition) is 5. The minimum atomic E-state index is -0.0334. The number of nitrogens with one attached hydrogen (secondary N) is 1. The van der Waals surface area contributed by atoms with Crippen LogP contribution in [0.5, 0.6) is 0 Å². The average molecular weight is 397 g/mol. The van der Waals surface area contributed by atoms with Gasteiger partial charge in [0.15, 0.2) is 5.76 Å². The Morgan fingerprint density at radius 3 is 2.96 bits per heavy atom. The molecular formula is C16H17BrN2O3S. The van der Waals surface area contributed by atoms with E-state index in [1.54, 1.807) is 6.20 Å². The summed E-state index contributed by atoms with van der Waals surface area (Å²) in [5.41, 5.74) is 0.954. The minimum Gasteiger partial charge on any atom is -0.431 e. The van der Waals surface area contributed by atoms with Crippen LogP contribution in [-0.4, -0.2) is 35.9 Å². The number of amides is 1. The molecule has 7 heteroatoms. The van der Waals surface area contributed by atoms with Crippen molar-refractivity contribution in [3.8, 4) is 11.3 Å². The Bertz CT molecular complexity index is 654. The van der Waals surface area contributed by atoms with E-state index in [-0.39, 0.29) is 17.8 Å². The van der Waals surface area contributed by atoms with E-state index < -0.39 is 0 Å². The number of carbonyl (C=O) groups is 1. The van der Waals surface area contributed by atoms with Crippen molar-refractivity contribution in [1.82, 2.24) is 10.3 Å². The summed E-state index contributed by atoms with van der Waals surface area (Å²) in [4.78, 5) is 16.0. The van der Waals surface area contributed by atoms with Crippen LogP contribution < -0.4 is 5.32 Å². The zero-order valence-electron chi connectivity index (χ0n) is 12.5. The molecule has 5 nitrogen and oxygen atoms in total. The first-order valence-corrected chi connectivity index (χ1v) is 9.21. The van der Waals surface area contributed by atoms with Crippen molar-refractivity contribution in [2.45, 2.75) is 24.2 Å². The second-order valence-corrected chi connectivity index (χ2v) is 7.07. The van der Waals surface area contributed by atoms with Gasteiger partial charge in [-0.3, -0.25) is 4.79 Å². The molecule has 0 aliphatic carbocycles. The van der Waals surface area contributed by atoms with E-state index in [1.807, 2.05) is 24.3 Å². The number of halogens is 1. The summed E-state index contributed by atoms with van der Waals surface area (Å²) in [7, 11) is 0. The van der Waals surface area contributed by atoms with E-state index in [1.165, 1.54) is 11.8 Å². The summed E-state index contributed by atoms with van der Waals surface area (Å²) in [6.45, 7) is 1.37. The zero-order chi connectivity index (χ0) is 16.1. The first-order chi connectivity index (χ1) is 11.2. The average Bonchev–Trinajstić information content (AvgIpc) is 3.23. The smallest absolute Gasteiger partial charge is 0.256 e. The molecule has 0 bridgehead atoms. The molecule has 0 unspecified atom stereocenters. The zero-order valence-corrected chi connectivity index (χ0v) is 14.9. The van der Waals surface area contributed by atoms with Crippen LogP contribution in [0, 0.1) is 0 Å². The van der Waals surface area contributed by atoms with Gasteiger partial charge in [0.05, 0.1) is 18.1 Å². The molecule has 1 aliphatic rings. The maximum Gasteiger partial charge on any atom is 0.256 e. The second-order valence-electron chi connectivity index (χ2n) is 5.23. The lowest BCUT2D eigenvalue weighted by Crippen LogP contribution is -2.32. The molecule has 1 aromatic heterocycles. The third kappa shape index (κ3) is 4.83. The van der Waals surface area contributed by atoms with Gasteiger partial charge < -0.3 is 14.5 Å². The fraction of sp³-hybridized carbons (Fsp3) is 0.375. The first-order valence-electron chi connectivity index (χ1n) is 7.43. The van der Waals surface area contributed by atoms with E-state index in [9.17, 15) is 4.79 Å². The maximum atomic E-state index is 11.8. The molecule has 122 valence electrons. The van der Waals surface area contributed by atoms with Gasteiger partial charge in [0.1, 0.15) is 0 Å². The van der Waals surface area contributed by atoms with E-state index in [4.69, 9.17) is 9.15 Å². The van der Waals surface area contributed by atoms with Crippen molar-refractivity contribution >= 4 is 33.6 Å². The molecule has 1 amide bonds. The number of rotatable bonds is 6. The fourth-order valence-corrected chi connectivity index (χ4v) is 3.18. The molecule has 23 heavy (non-hydrogen) atoms. The molecule has 2 heterocycles. The van der Waals surface area contributed by atoms with Crippen molar-refractivity contribution in [3.63, 3.8) is 0 Å². The minimum absolute atomic E-state index is 0.0334. The standard InChI is InChI=1S/C16H17BrN2O3S/c17-12-5-3-11(4-6-12)14-9-19-16(22-14)23-10-15(20)18-8-13-2-1-7-21-13/h3-6,9,13H,1-2,7-8,10H2,(H,18,20)/t13-/m1/s1. The number of oxazole rings is 1. The number of benzene rings is 1. The van der Waals surface area contributed by atoms with Gasteiger partial charge in [-0.25, -0.2) is 4.98 Å². The largest absolute Gasteiger partial charge is 0.431 e. The number of hydrogen-bond donors (Lipinski definition) is 1. The van der Waals surface area contributed by atoms with Gasteiger partial charge >= 0.3 is 0 Å². The van der Waals surface area contributed by atoms with Gasteiger partial charge in [0.25, 0.3) is 5.22 Å².